The number of ether oxygens (including phenoxy) is 2. The van der Waals surface area contributed by atoms with Crippen molar-refractivity contribution in [2.24, 2.45) is 0 Å². The number of carbonyl (C=O) groups is 1. The van der Waals surface area contributed by atoms with Crippen LogP contribution in [0, 0.1) is 0 Å². The Morgan fingerprint density at radius 3 is 2.82 bits per heavy atom. The monoisotopic (exact) mass is 298 g/mol. The number of benzene rings is 1. The van der Waals surface area contributed by atoms with Crippen LogP contribution in [-0.2, 0) is 11.2 Å². The Bertz CT molecular complexity index is 726. The molecule has 0 aliphatic carbocycles. The summed E-state index contributed by atoms with van der Waals surface area (Å²) in [6.45, 7) is 5.53. The van der Waals surface area contributed by atoms with Crippen LogP contribution in [0.25, 0.3) is 0 Å². The van der Waals surface area contributed by atoms with Crippen molar-refractivity contribution in [1.82, 2.24) is 4.98 Å². The van der Waals surface area contributed by atoms with Gasteiger partial charge >= 0.3 is 0 Å². The standard InChI is InChI=1S/C17H18N2O3/c1-11(20)19-16-14(8-5-9-18-16)21-13-7-4-6-12-10-17(2,3)22-15(12)13/h4-9H,10H2,1-3H3,(H,18,19,20). The van der Waals surface area contributed by atoms with Crippen LogP contribution in [0.1, 0.15) is 26.3 Å². The lowest BCUT2D eigenvalue weighted by molar-refractivity contribution is -0.114. The average Bonchev–Trinajstić information content (AvgIpc) is 2.75. The van der Waals surface area contributed by atoms with Crippen LogP contribution in [0.5, 0.6) is 17.2 Å². The Morgan fingerprint density at radius 1 is 1.27 bits per heavy atom. The molecule has 5 nitrogen and oxygen atoms in total. The van der Waals surface area contributed by atoms with Crippen molar-refractivity contribution in [3.63, 3.8) is 0 Å². The van der Waals surface area contributed by atoms with Gasteiger partial charge in [0.25, 0.3) is 0 Å². The number of para-hydroxylation sites is 1. The summed E-state index contributed by atoms with van der Waals surface area (Å²) in [6.07, 6.45) is 2.44. The van der Waals surface area contributed by atoms with Crippen LogP contribution >= 0.6 is 0 Å². The Labute approximate surface area is 129 Å². The first-order chi connectivity index (χ1) is 10.4. The van der Waals surface area contributed by atoms with Crippen LogP contribution in [0.3, 0.4) is 0 Å². The number of fused-ring (bicyclic) bond motifs is 1. The van der Waals surface area contributed by atoms with Gasteiger partial charge in [0.15, 0.2) is 23.1 Å². The fourth-order valence-electron chi connectivity index (χ4n) is 2.52. The molecule has 1 aromatic heterocycles. The number of pyridine rings is 1. The topological polar surface area (TPSA) is 60.5 Å². The third-order valence-electron chi connectivity index (χ3n) is 3.34. The molecule has 1 aromatic carbocycles. The number of rotatable bonds is 3. The minimum absolute atomic E-state index is 0.195. The van der Waals surface area contributed by atoms with E-state index in [2.05, 4.69) is 10.3 Å². The molecule has 1 amide bonds. The molecule has 0 fully saturated rings. The molecule has 0 saturated heterocycles. The van der Waals surface area contributed by atoms with Gasteiger partial charge in [0.05, 0.1) is 0 Å². The van der Waals surface area contributed by atoms with Crippen LogP contribution in [0.2, 0.25) is 0 Å². The van der Waals surface area contributed by atoms with Gasteiger partial charge in [0.1, 0.15) is 5.60 Å². The van der Waals surface area contributed by atoms with Gasteiger partial charge in [-0.1, -0.05) is 12.1 Å². The number of carbonyl (C=O) groups excluding carboxylic acids is 1. The Morgan fingerprint density at radius 2 is 2.05 bits per heavy atom. The predicted molar refractivity (Wildman–Crippen MR) is 83.5 cm³/mol. The summed E-state index contributed by atoms with van der Waals surface area (Å²) in [5, 5.41) is 2.66. The lowest BCUT2D eigenvalue weighted by Gasteiger charge is -2.18. The molecule has 114 valence electrons. The van der Waals surface area contributed by atoms with Gasteiger partial charge < -0.3 is 14.8 Å². The van der Waals surface area contributed by atoms with Crippen LogP contribution in [0.15, 0.2) is 36.5 Å². The lowest BCUT2D eigenvalue weighted by atomic mass is 10.0. The Kier molecular flexibility index (Phi) is 3.48. The first kappa shape index (κ1) is 14.4. The number of hydrogen-bond donors (Lipinski definition) is 1. The molecule has 0 spiro atoms. The molecular formula is C17H18N2O3. The second-order valence-electron chi connectivity index (χ2n) is 5.92. The van der Waals surface area contributed by atoms with Crippen molar-refractivity contribution < 1.29 is 14.3 Å². The molecule has 2 aromatic rings. The molecule has 1 aliphatic rings. The molecule has 1 aliphatic heterocycles. The van der Waals surface area contributed by atoms with Crippen molar-refractivity contribution in [2.75, 3.05) is 5.32 Å². The van der Waals surface area contributed by atoms with E-state index in [4.69, 9.17) is 9.47 Å². The zero-order valence-electron chi connectivity index (χ0n) is 12.8. The number of aromatic nitrogens is 1. The van der Waals surface area contributed by atoms with E-state index in [-0.39, 0.29) is 11.5 Å². The van der Waals surface area contributed by atoms with Crippen molar-refractivity contribution >= 4 is 11.7 Å². The predicted octanol–water partition coefficient (Wildman–Crippen LogP) is 3.55. The lowest BCUT2D eigenvalue weighted by Crippen LogP contribution is -2.24. The van der Waals surface area contributed by atoms with E-state index in [0.29, 0.717) is 17.3 Å². The maximum absolute atomic E-state index is 11.3. The summed E-state index contributed by atoms with van der Waals surface area (Å²) < 4.78 is 11.9. The molecule has 5 heteroatoms. The second-order valence-corrected chi connectivity index (χ2v) is 5.92. The van der Waals surface area contributed by atoms with Gasteiger partial charge in [-0.2, -0.15) is 0 Å². The summed E-state index contributed by atoms with van der Waals surface area (Å²) in [5.74, 6) is 2.07. The highest BCUT2D eigenvalue weighted by Crippen LogP contribution is 2.44. The normalized spacial score (nSPS) is 14.9. The largest absolute Gasteiger partial charge is 0.483 e. The van der Waals surface area contributed by atoms with Crippen molar-refractivity contribution in [2.45, 2.75) is 32.8 Å². The molecule has 22 heavy (non-hydrogen) atoms. The van der Waals surface area contributed by atoms with E-state index in [9.17, 15) is 4.79 Å². The van der Waals surface area contributed by atoms with E-state index < -0.39 is 0 Å². The van der Waals surface area contributed by atoms with Gasteiger partial charge in [-0.3, -0.25) is 4.79 Å². The number of nitrogens with zero attached hydrogens (tertiary/aromatic N) is 1. The minimum atomic E-state index is -0.239. The van der Waals surface area contributed by atoms with E-state index in [1.807, 2.05) is 32.0 Å². The molecule has 0 radical (unpaired) electrons. The van der Waals surface area contributed by atoms with Crippen molar-refractivity contribution in [3.8, 4) is 17.2 Å². The fraction of sp³-hybridized carbons (Fsp3) is 0.294. The van der Waals surface area contributed by atoms with Crippen LogP contribution in [0.4, 0.5) is 5.82 Å². The van der Waals surface area contributed by atoms with E-state index in [0.717, 1.165) is 17.7 Å². The summed E-state index contributed by atoms with van der Waals surface area (Å²) in [7, 11) is 0. The Balaban J connectivity index is 1.93. The zero-order valence-corrected chi connectivity index (χ0v) is 12.8. The first-order valence-electron chi connectivity index (χ1n) is 7.16. The molecule has 2 heterocycles. The molecular weight excluding hydrogens is 280 g/mol. The van der Waals surface area contributed by atoms with E-state index in [1.54, 1.807) is 18.3 Å². The SMILES string of the molecule is CC(=O)Nc1ncccc1Oc1cccc2c1OC(C)(C)C2. The summed E-state index contributed by atoms with van der Waals surface area (Å²) >= 11 is 0. The number of amides is 1. The molecule has 0 unspecified atom stereocenters. The van der Waals surface area contributed by atoms with Gasteiger partial charge in [-0.25, -0.2) is 4.98 Å². The summed E-state index contributed by atoms with van der Waals surface area (Å²) in [5.41, 5.74) is 0.879. The van der Waals surface area contributed by atoms with Gasteiger partial charge in [0.2, 0.25) is 5.91 Å². The third kappa shape index (κ3) is 2.88. The van der Waals surface area contributed by atoms with Gasteiger partial charge in [-0.05, 0) is 32.0 Å². The van der Waals surface area contributed by atoms with Gasteiger partial charge in [0, 0.05) is 25.1 Å². The van der Waals surface area contributed by atoms with Crippen LogP contribution in [-0.4, -0.2) is 16.5 Å². The highest BCUT2D eigenvalue weighted by atomic mass is 16.5. The van der Waals surface area contributed by atoms with E-state index >= 15 is 0 Å². The number of anilines is 1. The quantitative estimate of drug-likeness (QED) is 0.941. The molecule has 0 atom stereocenters. The average molecular weight is 298 g/mol. The maximum atomic E-state index is 11.3. The number of hydrogen-bond acceptors (Lipinski definition) is 4. The van der Waals surface area contributed by atoms with Crippen molar-refractivity contribution in [3.05, 3.63) is 42.1 Å². The van der Waals surface area contributed by atoms with E-state index in [1.165, 1.54) is 6.92 Å². The zero-order chi connectivity index (χ0) is 15.7. The minimum Gasteiger partial charge on any atom is -0.483 e. The smallest absolute Gasteiger partial charge is 0.222 e. The molecule has 0 bridgehead atoms. The summed E-state index contributed by atoms with van der Waals surface area (Å²) in [6, 6.07) is 9.35. The first-order valence-corrected chi connectivity index (χ1v) is 7.16. The molecule has 0 saturated carbocycles. The fourth-order valence-corrected chi connectivity index (χ4v) is 2.52. The van der Waals surface area contributed by atoms with Crippen LogP contribution < -0.4 is 14.8 Å². The molecule has 1 N–H and O–H groups in total. The Hall–Kier alpha value is -2.56. The highest BCUT2D eigenvalue weighted by molar-refractivity contribution is 5.89. The highest BCUT2D eigenvalue weighted by Gasteiger charge is 2.32. The van der Waals surface area contributed by atoms with Crippen molar-refractivity contribution in [1.29, 1.82) is 0 Å². The maximum Gasteiger partial charge on any atom is 0.222 e. The van der Waals surface area contributed by atoms with Gasteiger partial charge in [-0.15, -0.1) is 0 Å². The molecule has 3 rings (SSSR count). The summed E-state index contributed by atoms with van der Waals surface area (Å²) in [4.78, 5) is 15.4. The third-order valence-corrected chi connectivity index (χ3v) is 3.34. The second kappa shape index (κ2) is 5.33. The number of nitrogens with one attached hydrogen (secondary N) is 1.